The van der Waals surface area contributed by atoms with Crippen molar-refractivity contribution in [2.75, 3.05) is 0 Å². The van der Waals surface area contributed by atoms with E-state index < -0.39 is 17.5 Å². The summed E-state index contributed by atoms with van der Waals surface area (Å²) in [7, 11) is 0. The van der Waals surface area contributed by atoms with Gasteiger partial charge in [-0.05, 0) is 6.42 Å². The minimum Gasteiger partial charge on any atom is -0.392 e. The average Bonchev–Trinajstić information content (AvgIpc) is 2.77. The maximum absolute atomic E-state index is 13.1. The molecule has 1 aromatic carbocycles. The van der Waals surface area contributed by atoms with Crippen molar-refractivity contribution in [3.05, 3.63) is 47.0 Å². The van der Waals surface area contributed by atoms with Crippen LogP contribution in [0.4, 0.5) is 13.2 Å². The van der Waals surface area contributed by atoms with E-state index in [2.05, 4.69) is 5.10 Å². The first-order chi connectivity index (χ1) is 8.58. The van der Waals surface area contributed by atoms with E-state index in [9.17, 15) is 13.2 Å². The smallest absolute Gasteiger partial charge is 0.194 e. The molecule has 0 aliphatic heterocycles. The predicted octanol–water partition coefficient (Wildman–Crippen LogP) is 2.34. The molecule has 1 heterocycles. The van der Waals surface area contributed by atoms with E-state index in [1.807, 2.05) is 6.92 Å². The van der Waals surface area contributed by atoms with Gasteiger partial charge in [0.15, 0.2) is 17.5 Å². The summed E-state index contributed by atoms with van der Waals surface area (Å²) in [6.07, 6.45) is 1.94. The minimum absolute atomic E-state index is 0.0861. The number of hydrogen-bond acceptors (Lipinski definition) is 2. The molecule has 1 N–H and O–H groups in total. The molecule has 1 aromatic heterocycles. The highest BCUT2D eigenvalue weighted by Crippen LogP contribution is 2.20. The predicted molar refractivity (Wildman–Crippen MR) is 58.7 cm³/mol. The second-order valence-corrected chi connectivity index (χ2v) is 3.76. The fraction of sp³-hybridized carbons (Fsp3) is 0.250. The number of aromatic nitrogens is 2. The van der Waals surface area contributed by atoms with Gasteiger partial charge in [-0.1, -0.05) is 6.92 Å². The molecule has 0 aliphatic rings. The monoisotopic (exact) mass is 256 g/mol. The molecule has 96 valence electrons. The van der Waals surface area contributed by atoms with Crippen molar-refractivity contribution in [1.29, 1.82) is 0 Å². The molecule has 0 fully saturated rings. The van der Waals surface area contributed by atoms with Crippen LogP contribution in [-0.2, 0) is 13.0 Å². The van der Waals surface area contributed by atoms with Crippen LogP contribution in [0.1, 0.15) is 18.2 Å². The van der Waals surface area contributed by atoms with Gasteiger partial charge in [-0.2, -0.15) is 5.10 Å². The zero-order chi connectivity index (χ0) is 13.3. The highest BCUT2D eigenvalue weighted by molar-refractivity contribution is 5.36. The lowest BCUT2D eigenvalue weighted by Crippen LogP contribution is -2.05. The maximum atomic E-state index is 13.1. The van der Waals surface area contributed by atoms with Gasteiger partial charge in [-0.3, -0.25) is 0 Å². The molecule has 6 heteroatoms. The molecule has 0 atom stereocenters. The van der Waals surface area contributed by atoms with Gasteiger partial charge in [0, 0.05) is 23.4 Å². The van der Waals surface area contributed by atoms with Crippen LogP contribution in [0.15, 0.2) is 18.3 Å². The van der Waals surface area contributed by atoms with Crippen molar-refractivity contribution >= 4 is 0 Å². The number of benzene rings is 1. The third-order valence-electron chi connectivity index (χ3n) is 2.67. The van der Waals surface area contributed by atoms with E-state index in [0.29, 0.717) is 17.7 Å². The van der Waals surface area contributed by atoms with Crippen LogP contribution in [-0.4, -0.2) is 14.9 Å². The van der Waals surface area contributed by atoms with Gasteiger partial charge < -0.3 is 5.11 Å². The van der Waals surface area contributed by atoms with Gasteiger partial charge in [-0.15, -0.1) is 0 Å². The first-order valence-corrected chi connectivity index (χ1v) is 5.40. The summed E-state index contributed by atoms with van der Waals surface area (Å²) >= 11 is 0. The molecular formula is C12H11F3N2O. The Hall–Kier alpha value is -1.82. The standard InChI is InChI=1S/C12H11F3N2O/c1-2-11-7(6-18)5-16-17(11)8-3-9(13)12(15)10(14)4-8/h3-5,18H,2,6H2,1H3. The summed E-state index contributed by atoms with van der Waals surface area (Å²) in [5.74, 6) is -4.05. The molecule has 0 aliphatic carbocycles. The Labute approximate surface area is 101 Å². The SMILES string of the molecule is CCc1c(CO)cnn1-c1cc(F)c(F)c(F)c1. The molecule has 0 unspecified atom stereocenters. The summed E-state index contributed by atoms with van der Waals surface area (Å²) in [5, 5.41) is 13.0. The second kappa shape index (κ2) is 4.81. The first kappa shape index (κ1) is 12.6. The van der Waals surface area contributed by atoms with Gasteiger partial charge in [0.05, 0.1) is 18.5 Å². The fourth-order valence-corrected chi connectivity index (χ4v) is 1.80. The van der Waals surface area contributed by atoms with Crippen molar-refractivity contribution in [1.82, 2.24) is 9.78 Å². The molecule has 0 bridgehead atoms. The topological polar surface area (TPSA) is 38.1 Å². The summed E-state index contributed by atoms with van der Waals surface area (Å²) in [6, 6.07) is 1.73. The molecule has 0 spiro atoms. The van der Waals surface area contributed by atoms with E-state index in [1.54, 1.807) is 0 Å². The summed E-state index contributed by atoms with van der Waals surface area (Å²) in [6.45, 7) is 1.61. The lowest BCUT2D eigenvalue weighted by Gasteiger charge is -2.08. The Kier molecular flexibility index (Phi) is 3.38. The van der Waals surface area contributed by atoms with Gasteiger partial charge in [-0.25, -0.2) is 17.9 Å². The van der Waals surface area contributed by atoms with Gasteiger partial charge in [0.25, 0.3) is 0 Å². The normalized spacial score (nSPS) is 10.9. The third kappa shape index (κ3) is 1.99. The lowest BCUT2D eigenvalue weighted by molar-refractivity contribution is 0.280. The number of nitrogens with zero attached hydrogens (tertiary/aromatic N) is 2. The largest absolute Gasteiger partial charge is 0.392 e. The van der Waals surface area contributed by atoms with Crippen LogP contribution >= 0.6 is 0 Å². The van der Waals surface area contributed by atoms with E-state index >= 15 is 0 Å². The molecule has 2 rings (SSSR count). The minimum atomic E-state index is -1.51. The van der Waals surface area contributed by atoms with Crippen LogP contribution in [0.2, 0.25) is 0 Å². The number of halogens is 3. The molecule has 2 aromatic rings. The molecule has 0 saturated carbocycles. The number of aliphatic hydroxyl groups excluding tert-OH is 1. The molecular weight excluding hydrogens is 245 g/mol. The van der Waals surface area contributed by atoms with Crippen molar-refractivity contribution in [2.45, 2.75) is 20.0 Å². The molecule has 0 amide bonds. The Morgan fingerprint density at radius 3 is 2.33 bits per heavy atom. The van der Waals surface area contributed by atoms with Crippen LogP contribution in [0.25, 0.3) is 5.69 Å². The summed E-state index contributed by atoms with van der Waals surface area (Å²) < 4.78 is 40.4. The van der Waals surface area contributed by atoms with E-state index in [1.165, 1.54) is 10.9 Å². The van der Waals surface area contributed by atoms with E-state index in [0.717, 1.165) is 12.1 Å². The molecule has 3 nitrogen and oxygen atoms in total. The summed E-state index contributed by atoms with van der Waals surface area (Å²) in [5.41, 5.74) is 1.29. The van der Waals surface area contributed by atoms with Crippen LogP contribution in [0, 0.1) is 17.5 Å². The number of aliphatic hydroxyl groups is 1. The third-order valence-corrected chi connectivity index (χ3v) is 2.67. The lowest BCUT2D eigenvalue weighted by atomic mass is 10.2. The maximum Gasteiger partial charge on any atom is 0.194 e. The van der Waals surface area contributed by atoms with Crippen molar-refractivity contribution in [3.63, 3.8) is 0 Å². The number of hydrogen-bond donors (Lipinski definition) is 1. The zero-order valence-corrected chi connectivity index (χ0v) is 9.62. The molecule has 18 heavy (non-hydrogen) atoms. The number of rotatable bonds is 3. The van der Waals surface area contributed by atoms with Crippen molar-refractivity contribution in [2.24, 2.45) is 0 Å². The van der Waals surface area contributed by atoms with Crippen LogP contribution < -0.4 is 0 Å². The fourth-order valence-electron chi connectivity index (χ4n) is 1.80. The summed E-state index contributed by atoms with van der Waals surface area (Å²) in [4.78, 5) is 0. The van der Waals surface area contributed by atoms with Crippen LogP contribution in [0.5, 0.6) is 0 Å². The quantitative estimate of drug-likeness (QED) is 0.856. The Morgan fingerprint density at radius 1 is 1.22 bits per heavy atom. The van der Waals surface area contributed by atoms with Crippen LogP contribution in [0.3, 0.4) is 0 Å². The average molecular weight is 256 g/mol. The molecule has 0 radical (unpaired) electrons. The second-order valence-electron chi connectivity index (χ2n) is 3.76. The van der Waals surface area contributed by atoms with Gasteiger partial charge >= 0.3 is 0 Å². The Morgan fingerprint density at radius 2 is 1.83 bits per heavy atom. The first-order valence-electron chi connectivity index (χ1n) is 5.40. The van der Waals surface area contributed by atoms with Crippen molar-refractivity contribution in [3.8, 4) is 5.69 Å². The highest BCUT2D eigenvalue weighted by atomic mass is 19.2. The Bertz CT molecular complexity index is 558. The van der Waals surface area contributed by atoms with Gasteiger partial charge in [0.2, 0.25) is 0 Å². The van der Waals surface area contributed by atoms with Crippen molar-refractivity contribution < 1.29 is 18.3 Å². The highest BCUT2D eigenvalue weighted by Gasteiger charge is 2.15. The van der Waals surface area contributed by atoms with E-state index in [-0.39, 0.29) is 12.3 Å². The molecule has 0 saturated heterocycles. The Balaban J connectivity index is 2.58. The zero-order valence-electron chi connectivity index (χ0n) is 9.62. The van der Waals surface area contributed by atoms with E-state index in [4.69, 9.17) is 5.11 Å². The van der Waals surface area contributed by atoms with Gasteiger partial charge in [0.1, 0.15) is 0 Å².